The lowest BCUT2D eigenvalue weighted by atomic mass is 10.1. The predicted octanol–water partition coefficient (Wildman–Crippen LogP) is 3.52. The third-order valence-corrected chi connectivity index (χ3v) is 5.57. The lowest BCUT2D eigenvalue weighted by Crippen LogP contribution is -2.26. The van der Waals surface area contributed by atoms with Crippen LogP contribution in [0.15, 0.2) is 41.3 Å². The molecule has 6 heteroatoms. The highest BCUT2D eigenvalue weighted by Gasteiger charge is 2.18. The number of rotatable bonds is 6. The molecular formula is C14H16ClNO2S2. The second kappa shape index (κ2) is 6.80. The van der Waals surface area contributed by atoms with Gasteiger partial charge >= 0.3 is 0 Å². The van der Waals surface area contributed by atoms with Crippen molar-refractivity contribution in [3.05, 3.63) is 41.4 Å². The van der Waals surface area contributed by atoms with Crippen molar-refractivity contribution in [3.8, 4) is 0 Å². The molecule has 2 aromatic carbocycles. The molecule has 0 saturated heterocycles. The maximum atomic E-state index is 12.4. The first-order chi connectivity index (χ1) is 9.56. The zero-order chi connectivity index (χ0) is 14.6. The molecule has 0 fully saturated rings. The Morgan fingerprint density at radius 2 is 1.90 bits per heavy atom. The first kappa shape index (κ1) is 15.6. The van der Waals surface area contributed by atoms with Gasteiger partial charge in [0.2, 0.25) is 10.0 Å². The average Bonchev–Trinajstić information content (AvgIpc) is 2.43. The summed E-state index contributed by atoms with van der Waals surface area (Å²) in [6.07, 6.45) is 0. The van der Waals surface area contributed by atoms with E-state index in [2.05, 4.69) is 4.72 Å². The lowest BCUT2D eigenvalue weighted by molar-refractivity contribution is 0.585. The molecule has 0 amide bonds. The number of fused-ring (bicyclic) bond motifs is 1. The summed E-state index contributed by atoms with van der Waals surface area (Å²) in [5.74, 6) is 1.73. The molecule has 0 radical (unpaired) electrons. The highest BCUT2D eigenvalue weighted by atomic mass is 35.5. The van der Waals surface area contributed by atoms with Crippen molar-refractivity contribution in [2.45, 2.75) is 11.8 Å². The van der Waals surface area contributed by atoms with E-state index in [0.29, 0.717) is 17.0 Å². The van der Waals surface area contributed by atoms with E-state index in [-0.39, 0.29) is 4.90 Å². The van der Waals surface area contributed by atoms with Gasteiger partial charge in [-0.15, -0.1) is 0 Å². The minimum Gasteiger partial charge on any atom is -0.210 e. The van der Waals surface area contributed by atoms with Gasteiger partial charge in [-0.05, 0) is 23.3 Å². The molecule has 0 atom stereocenters. The Morgan fingerprint density at radius 3 is 2.60 bits per heavy atom. The Balaban J connectivity index is 2.37. The van der Waals surface area contributed by atoms with E-state index < -0.39 is 10.0 Å². The number of hydrogen-bond donors (Lipinski definition) is 1. The maximum absolute atomic E-state index is 12.4. The van der Waals surface area contributed by atoms with Crippen molar-refractivity contribution in [2.24, 2.45) is 0 Å². The highest BCUT2D eigenvalue weighted by molar-refractivity contribution is 7.99. The van der Waals surface area contributed by atoms with Crippen LogP contribution in [0.4, 0.5) is 0 Å². The van der Waals surface area contributed by atoms with Gasteiger partial charge in [-0.1, -0.05) is 42.8 Å². The molecule has 0 aliphatic heterocycles. The number of sulfonamides is 1. The van der Waals surface area contributed by atoms with Gasteiger partial charge in [-0.3, -0.25) is 0 Å². The summed E-state index contributed by atoms with van der Waals surface area (Å²) in [7, 11) is -3.54. The summed E-state index contributed by atoms with van der Waals surface area (Å²) in [5.41, 5.74) is 0. The summed E-state index contributed by atoms with van der Waals surface area (Å²) in [4.78, 5) is 0.238. The fraction of sp³-hybridized carbons (Fsp3) is 0.286. The Kier molecular flexibility index (Phi) is 5.32. The van der Waals surface area contributed by atoms with E-state index in [1.807, 2.05) is 25.1 Å². The molecule has 0 aromatic heterocycles. The summed E-state index contributed by atoms with van der Waals surface area (Å²) >= 11 is 7.85. The number of nitrogens with one attached hydrogen (secondary N) is 1. The Hall–Kier alpha value is -0.750. The molecule has 2 rings (SSSR count). The SMILES string of the molecule is CCSCCNS(=O)(=O)c1cccc2cccc(Cl)c12. The van der Waals surface area contributed by atoms with Crippen molar-refractivity contribution < 1.29 is 8.42 Å². The zero-order valence-electron chi connectivity index (χ0n) is 11.1. The first-order valence-corrected chi connectivity index (χ1v) is 9.32. The molecular weight excluding hydrogens is 314 g/mol. The minimum atomic E-state index is -3.54. The molecule has 0 spiro atoms. The number of thioether (sulfide) groups is 1. The molecule has 0 aliphatic carbocycles. The summed E-state index contributed by atoms with van der Waals surface area (Å²) in [5, 5.41) is 1.85. The predicted molar refractivity (Wildman–Crippen MR) is 87.1 cm³/mol. The quantitative estimate of drug-likeness (QED) is 0.825. The van der Waals surface area contributed by atoms with Gasteiger partial charge in [0.15, 0.2) is 0 Å². The standard InChI is InChI=1S/C14H16ClNO2S2/c1-2-19-10-9-16-20(17,18)13-8-4-6-11-5-3-7-12(15)14(11)13/h3-8,16H,2,9-10H2,1H3. The van der Waals surface area contributed by atoms with Gasteiger partial charge in [0, 0.05) is 22.7 Å². The van der Waals surface area contributed by atoms with Crippen LogP contribution in [-0.2, 0) is 10.0 Å². The number of benzene rings is 2. The fourth-order valence-electron chi connectivity index (χ4n) is 1.96. The third-order valence-electron chi connectivity index (χ3n) is 2.85. The molecule has 0 aliphatic rings. The molecule has 1 N–H and O–H groups in total. The Morgan fingerprint density at radius 1 is 1.20 bits per heavy atom. The second-order valence-corrected chi connectivity index (χ2v) is 7.73. The van der Waals surface area contributed by atoms with Gasteiger partial charge in [0.05, 0.1) is 4.90 Å². The number of halogens is 1. The molecule has 2 aromatic rings. The van der Waals surface area contributed by atoms with Crippen LogP contribution in [0.2, 0.25) is 5.02 Å². The maximum Gasteiger partial charge on any atom is 0.241 e. The van der Waals surface area contributed by atoms with Crippen LogP contribution >= 0.6 is 23.4 Å². The van der Waals surface area contributed by atoms with Crippen molar-refractivity contribution in [1.82, 2.24) is 4.72 Å². The number of hydrogen-bond acceptors (Lipinski definition) is 3. The van der Waals surface area contributed by atoms with E-state index in [4.69, 9.17) is 11.6 Å². The molecule has 0 bridgehead atoms. The van der Waals surface area contributed by atoms with E-state index in [0.717, 1.165) is 16.9 Å². The fourth-order valence-corrected chi connectivity index (χ4v) is 4.24. The zero-order valence-corrected chi connectivity index (χ0v) is 13.5. The topological polar surface area (TPSA) is 46.2 Å². The second-order valence-electron chi connectivity index (χ2n) is 4.19. The summed E-state index contributed by atoms with van der Waals surface area (Å²) < 4.78 is 27.4. The lowest BCUT2D eigenvalue weighted by Gasteiger charge is -2.10. The van der Waals surface area contributed by atoms with E-state index in [9.17, 15) is 8.42 Å². The average molecular weight is 330 g/mol. The smallest absolute Gasteiger partial charge is 0.210 e. The van der Waals surface area contributed by atoms with E-state index >= 15 is 0 Å². The van der Waals surface area contributed by atoms with Gasteiger partial charge in [0.25, 0.3) is 0 Å². The van der Waals surface area contributed by atoms with Crippen LogP contribution in [0.5, 0.6) is 0 Å². The molecule has 20 heavy (non-hydrogen) atoms. The summed E-state index contributed by atoms with van der Waals surface area (Å²) in [6, 6.07) is 10.5. The first-order valence-electron chi connectivity index (χ1n) is 6.31. The molecule has 0 saturated carbocycles. The van der Waals surface area contributed by atoms with E-state index in [1.165, 1.54) is 0 Å². The van der Waals surface area contributed by atoms with Crippen LogP contribution in [0.3, 0.4) is 0 Å². The Labute approximate surface area is 128 Å². The normalized spacial score (nSPS) is 11.9. The Bertz CT molecular complexity index is 696. The summed E-state index contributed by atoms with van der Waals surface area (Å²) in [6.45, 7) is 2.46. The van der Waals surface area contributed by atoms with Crippen LogP contribution < -0.4 is 4.72 Å². The monoisotopic (exact) mass is 329 g/mol. The van der Waals surface area contributed by atoms with Gasteiger partial charge in [0.1, 0.15) is 0 Å². The van der Waals surface area contributed by atoms with Crippen LogP contribution in [0.1, 0.15) is 6.92 Å². The van der Waals surface area contributed by atoms with Crippen LogP contribution in [0.25, 0.3) is 10.8 Å². The van der Waals surface area contributed by atoms with E-state index in [1.54, 1.807) is 30.0 Å². The molecule has 3 nitrogen and oxygen atoms in total. The van der Waals surface area contributed by atoms with Gasteiger partial charge in [-0.2, -0.15) is 11.8 Å². The van der Waals surface area contributed by atoms with Crippen molar-refractivity contribution in [1.29, 1.82) is 0 Å². The molecule has 0 heterocycles. The van der Waals surface area contributed by atoms with Crippen LogP contribution in [0, 0.1) is 0 Å². The van der Waals surface area contributed by atoms with Crippen molar-refractivity contribution >= 4 is 44.2 Å². The molecule has 108 valence electrons. The highest BCUT2D eigenvalue weighted by Crippen LogP contribution is 2.29. The third kappa shape index (κ3) is 3.47. The van der Waals surface area contributed by atoms with Gasteiger partial charge in [-0.25, -0.2) is 13.1 Å². The van der Waals surface area contributed by atoms with Crippen molar-refractivity contribution in [3.63, 3.8) is 0 Å². The van der Waals surface area contributed by atoms with Gasteiger partial charge < -0.3 is 0 Å². The largest absolute Gasteiger partial charge is 0.241 e. The van der Waals surface area contributed by atoms with Crippen molar-refractivity contribution in [2.75, 3.05) is 18.1 Å². The molecule has 0 unspecified atom stereocenters. The van der Waals surface area contributed by atoms with Crippen LogP contribution in [-0.4, -0.2) is 26.5 Å². The minimum absolute atomic E-state index is 0.238.